The zero-order chi connectivity index (χ0) is 18.1. The van der Waals surface area contributed by atoms with E-state index in [0.29, 0.717) is 6.42 Å². The van der Waals surface area contributed by atoms with Crippen LogP contribution in [-0.4, -0.2) is 55.5 Å². The molecule has 0 aliphatic carbocycles. The number of hydrogen-bond acceptors (Lipinski definition) is 4. The van der Waals surface area contributed by atoms with Crippen molar-refractivity contribution in [3.8, 4) is 5.75 Å². The Morgan fingerprint density at radius 2 is 1.88 bits per heavy atom. The van der Waals surface area contributed by atoms with E-state index in [0.717, 1.165) is 81.3 Å². The van der Waals surface area contributed by atoms with Gasteiger partial charge in [0.2, 0.25) is 5.91 Å². The van der Waals surface area contributed by atoms with Crippen molar-refractivity contribution in [3.63, 3.8) is 0 Å². The van der Waals surface area contributed by atoms with Crippen molar-refractivity contribution in [1.29, 1.82) is 0 Å². The summed E-state index contributed by atoms with van der Waals surface area (Å²) in [6.45, 7) is 4.90. The second-order valence-corrected chi connectivity index (χ2v) is 7.00. The van der Waals surface area contributed by atoms with Crippen LogP contribution >= 0.6 is 11.6 Å². The Morgan fingerprint density at radius 1 is 1.16 bits per heavy atom. The highest BCUT2D eigenvalue weighted by Gasteiger charge is 2.21. The molecule has 0 aromatic heterocycles. The Bertz CT molecular complexity index is 545. The lowest BCUT2D eigenvalue weighted by atomic mass is 10.1. The number of unbranched alkanes of at least 4 members (excludes halogenated alkanes) is 3. The van der Waals surface area contributed by atoms with Crippen molar-refractivity contribution in [3.05, 3.63) is 28.8 Å². The maximum atomic E-state index is 12.3. The van der Waals surface area contributed by atoms with E-state index in [9.17, 15) is 4.79 Å². The smallest absolute Gasteiger partial charge is 0.222 e. The summed E-state index contributed by atoms with van der Waals surface area (Å²) < 4.78 is 5.42. The van der Waals surface area contributed by atoms with Crippen molar-refractivity contribution < 1.29 is 9.53 Å². The van der Waals surface area contributed by atoms with Gasteiger partial charge in [-0.3, -0.25) is 9.69 Å². The van der Waals surface area contributed by atoms with Crippen LogP contribution in [0.3, 0.4) is 0 Å². The second-order valence-electron chi connectivity index (χ2n) is 6.57. The van der Waals surface area contributed by atoms with Crippen molar-refractivity contribution in [2.75, 3.05) is 39.8 Å². The molecule has 25 heavy (non-hydrogen) atoms. The first-order valence-electron chi connectivity index (χ1n) is 9.16. The first-order valence-corrected chi connectivity index (χ1v) is 9.54. The minimum Gasteiger partial charge on any atom is -0.496 e. The first kappa shape index (κ1) is 20.0. The Kier molecular flexibility index (Phi) is 8.52. The molecule has 1 saturated heterocycles. The Morgan fingerprint density at radius 3 is 2.56 bits per heavy atom. The maximum absolute atomic E-state index is 12.3. The molecular formula is C19H30ClN3O2. The standard InChI is InChI=1S/C19H30ClN3O2/c1-25-18-8-7-17(20)14-16(18)15-22-10-12-23(13-11-22)19(24)6-4-2-3-5-9-21/h7-8,14H,2-6,9-13,15,21H2,1H3. The number of rotatable bonds is 9. The van der Waals surface area contributed by atoms with Crippen molar-refractivity contribution >= 4 is 17.5 Å². The number of nitrogens with zero attached hydrogens (tertiary/aromatic N) is 2. The molecule has 1 aliphatic rings. The summed E-state index contributed by atoms with van der Waals surface area (Å²) in [6.07, 6.45) is 4.90. The van der Waals surface area contributed by atoms with E-state index < -0.39 is 0 Å². The zero-order valence-corrected chi connectivity index (χ0v) is 15.9. The van der Waals surface area contributed by atoms with Crippen molar-refractivity contribution in [1.82, 2.24) is 9.80 Å². The van der Waals surface area contributed by atoms with Crippen LogP contribution in [0.15, 0.2) is 18.2 Å². The van der Waals surface area contributed by atoms with Gasteiger partial charge in [-0.1, -0.05) is 24.4 Å². The molecule has 0 radical (unpaired) electrons. The minimum absolute atomic E-state index is 0.285. The van der Waals surface area contributed by atoms with Gasteiger partial charge in [-0.25, -0.2) is 0 Å². The van der Waals surface area contributed by atoms with Crippen LogP contribution < -0.4 is 10.5 Å². The van der Waals surface area contributed by atoms with Crippen molar-refractivity contribution in [2.24, 2.45) is 5.73 Å². The summed E-state index contributed by atoms with van der Waals surface area (Å²) in [5, 5.41) is 0.722. The molecule has 6 heteroatoms. The number of halogens is 1. The molecule has 1 aromatic rings. The summed E-state index contributed by atoms with van der Waals surface area (Å²) in [5.74, 6) is 1.15. The molecule has 1 aliphatic heterocycles. The van der Waals surface area contributed by atoms with Gasteiger partial charge < -0.3 is 15.4 Å². The average Bonchev–Trinajstić information content (AvgIpc) is 2.62. The van der Waals surface area contributed by atoms with E-state index >= 15 is 0 Å². The van der Waals surface area contributed by atoms with E-state index in [1.807, 2.05) is 23.1 Å². The lowest BCUT2D eigenvalue weighted by Crippen LogP contribution is -2.48. The van der Waals surface area contributed by atoms with Gasteiger partial charge in [-0.2, -0.15) is 0 Å². The van der Waals surface area contributed by atoms with Gasteiger partial charge in [0.05, 0.1) is 7.11 Å². The number of carbonyl (C=O) groups is 1. The molecule has 140 valence electrons. The third kappa shape index (κ3) is 6.49. The molecule has 1 aromatic carbocycles. The molecule has 2 N–H and O–H groups in total. The van der Waals surface area contributed by atoms with Gasteiger partial charge in [-0.05, 0) is 37.6 Å². The minimum atomic E-state index is 0.285. The summed E-state index contributed by atoms with van der Waals surface area (Å²) in [5.41, 5.74) is 6.58. The predicted molar refractivity (Wildman–Crippen MR) is 102 cm³/mol. The fraction of sp³-hybridized carbons (Fsp3) is 0.632. The lowest BCUT2D eigenvalue weighted by Gasteiger charge is -2.35. The van der Waals surface area contributed by atoms with Crippen LogP contribution in [-0.2, 0) is 11.3 Å². The molecule has 1 heterocycles. The van der Waals surface area contributed by atoms with E-state index in [4.69, 9.17) is 22.1 Å². The summed E-state index contributed by atoms with van der Waals surface area (Å²) in [6, 6.07) is 5.70. The molecule has 5 nitrogen and oxygen atoms in total. The van der Waals surface area contributed by atoms with Gasteiger partial charge in [0.1, 0.15) is 5.75 Å². The number of nitrogens with two attached hydrogens (primary N) is 1. The van der Waals surface area contributed by atoms with Crippen LogP contribution in [0.2, 0.25) is 5.02 Å². The summed E-state index contributed by atoms with van der Waals surface area (Å²) in [7, 11) is 1.68. The first-order chi connectivity index (χ1) is 12.1. The normalized spacial score (nSPS) is 15.4. The van der Waals surface area contributed by atoms with Crippen LogP contribution in [0, 0.1) is 0 Å². The molecule has 0 saturated carbocycles. The summed E-state index contributed by atoms with van der Waals surface area (Å²) >= 11 is 6.10. The average molecular weight is 368 g/mol. The number of hydrogen-bond donors (Lipinski definition) is 1. The van der Waals surface area contributed by atoms with E-state index in [1.165, 1.54) is 0 Å². The number of ether oxygens (including phenoxy) is 1. The third-order valence-corrected chi connectivity index (χ3v) is 4.94. The van der Waals surface area contributed by atoms with Crippen LogP contribution in [0.4, 0.5) is 0 Å². The molecule has 0 atom stereocenters. The number of piperazine rings is 1. The van der Waals surface area contributed by atoms with Crippen LogP contribution in [0.25, 0.3) is 0 Å². The Balaban J connectivity index is 1.74. The SMILES string of the molecule is COc1ccc(Cl)cc1CN1CCN(C(=O)CCCCCCN)CC1. The lowest BCUT2D eigenvalue weighted by molar-refractivity contribution is -0.133. The highest BCUT2D eigenvalue weighted by Crippen LogP contribution is 2.24. The van der Waals surface area contributed by atoms with Gasteiger partial charge in [-0.15, -0.1) is 0 Å². The van der Waals surface area contributed by atoms with Crippen LogP contribution in [0.5, 0.6) is 5.75 Å². The number of amides is 1. The molecule has 1 fully saturated rings. The maximum Gasteiger partial charge on any atom is 0.222 e. The predicted octanol–water partition coefficient (Wildman–Crippen LogP) is 2.90. The Hall–Kier alpha value is -1.30. The van der Waals surface area contributed by atoms with Gasteiger partial charge in [0.25, 0.3) is 0 Å². The highest BCUT2D eigenvalue weighted by atomic mass is 35.5. The van der Waals surface area contributed by atoms with Gasteiger partial charge in [0, 0.05) is 49.7 Å². The molecule has 2 rings (SSSR count). The zero-order valence-electron chi connectivity index (χ0n) is 15.2. The topological polar surface area (TPSA) is 58.8 Å². The number of methoxy groups -OCH3 is 1. The second kappa shape index (κ2) is 10.6. The quantitative estimate of drug-likeness (QED) is 0.682. The fourth-order valence-electron chi connectivity index (χ4n) is 3.20. The highest BCUT2D eigenvalue weighted by molar-refractivity contribution is 6.30. The van der Waals surface area contributed by atoms with Gasteiger partial charge in [0.15, 0.2) is 0 Å². The molecule has 0 unspecified atom stereocenters. The molecule has 0 bridgehead atoms. The number of benzene rings is 1. The molecular weight excluding hydrogens is 338 g/mol. The van der Waals surface area contributed by atoms with Gasteiger partial charge >= 0.3 is 0 Å². The van der Waals surface area contributed by atoms with E-state index in [2.05, 4.69) is 4.90 Å². The van der Waals surface area contributed by atoms with Crippen LogP contribution in [0.1, 0.15) is 37.7 Å². The molecule has 1 amide bonds. The monoisotopic (exact) mass is 367 g/mol. The third-order valence-electron chi connectivity index (χ3n) is 4.71. The van der Waals surface area contributed by atoms with E-state index in [-0.39, 0.29) is 5.91 Å². The summed E-state index contributed by atoms with van der Waals surface area (Å²) in [4.78, 5) is 16.6. The molecule has 0 spiro atoms. The van der Waals surface area contributed by atoms with E-state index in [1.54, 1.807) is 7.11 Å². The Labute approximate surface area is 156 Å². The number of carbonyl (C=O) groups excluding carboxylic acids is 1. The van der Waals surface area contributed by atoms with Crippen molar-refractivity contribution in [2.45, 2.75) is 38.6 Å². The largest absolute Gasteiger partial charge is 0.496 e. The fourth-order valence-corrected chi connectivity index (χ4v) is 3.39.